The highest BCUT2D eigenvalue weighted by Gasteiger charge is 2.22. The topological polar surface area (TPSA) is 64.6 Å². The molecular formula is C18H16ClF2NO4. The smallest absolute Gasteiger partial charge is 0.387 e. The highest BCUT2D eigenvalue weighted by atomic mass is 35.5. The third-order valence-corrected chi connectivity index (χ3v) is 3.76. The molecule has 0 bridgehead atoms. The molecule has 0 aliphatic rings. The number of halogens is 3. The van der Waals surface area contributed by atoms with E-state index in [4.69, 9.17) is 16.3 Å². The van der Waals surface area contributed by atoms with E-state index < -0.39 is 24.6 Å². The van der Waals surface area contributed by atoms with Gasteiger partial charge in [-0.3, -0.25) is 4.79 Å². The maximum atomic E-state index is 12.4. The van der Waals surface area contributed by atoms with E-state index in [-0.39, 0.29) is 17.9 Å². The molecule has 26 heavy (non-hydrogen) atoms. The number of benzene rings is 2. The SMILES string of the molecule is C[C@@H](OC(=O)c1ccccc1OC(F)F)C(=O)NCc1ccccc1Cl. The summed E-state index contributed by atoms with van der Waals surface area (Å²) < 4.78 is 34.1. The number of ether oxygens (including phenoxy) is 2. The third kappa shape index (κ3) is 5.42. The predicted octanol–water partition coefficient (Wildman–Crippen LogP) is 3.80. The van der Waals surface area contributed by atoms with Crippen molar-refractivity contribution in [3.05, 3.63) is 64.7 Å². The van der Waals surface area contributed by atoms with Crippen LogP contribution in [-0.2, 0) is 16.1 Å². The minimum atomic E-state index is -3.08. The lowest BCUT2D eigenvalue weighted by molar-refractivity contribution is -0.129. The zero-order valence-corrected chi connectivity index (χ0v) is 14.5. The average molecular weight is 384 g/mol. The monoisotopic (exact) mass is 383 g/mol. The second-order valence-electron chi connectivity index (χ2n) is 5.23. The van der Waals surface area contributed by atoms with Gasteiger partial charge in [0.05, 0.1) is 0 Å². The molecule has 2 aromatic rings. The van der Waals surface area contributed by atoms with E-state index >= 15 is 0 Å². The first-order valence-electron chi connectivity index (χ1n) is 7.64. The molecule has 0 aliphatic heterocycles. The van der Waals surface area contributed by atoms with Crippen LogP contribution in [0.2, 0.25) is 5.02 Å². The van der Waals surface area contributed by atoms with Gasteiger partial charge in [0, 0.05) is 11.6 Å². The lowest BCUT2D eigenvalue weighted by atomic mass is 10.2. The molecule has 0 spiro atoms. The molecule has 5 nitrogen and oxygen atoms in total. The molecule has 2 aromatic carbocycles. The molecule has 0 aromatic heterocycles. The number of nitrogens with one attached hydrogen (secondary N) is 1. The number of carbonyl (C=O) groups excluding carboxylic acids is 2. The van der Waals surface area contributed by atoms with Crippen LogP contribution in [0.5, 0.6) is 5.75 Å². The number of rotatable bonds is 7. The Morgan fingerprint density at radius 3 is 2.46 bits per heavy atom. The predicted molar refractivity (Wildman–Crippen MR) is 91.3 cm³/mol. The van der Waals surface area contributed by atoms with Crippen LogP contribution < -0.4 is 10.1 Å². The van der Waals surface area contributed by atoms with Crippen LogP contribution in [-0.4, -0.2) is 24.6 Å². The Balaban J connectivity index is 1.96. The van der Waals surface area contributed by atoms with Crippen molar-refractivity contribution in [1.82, 2.24) is 5.32 Å². The molecule has 0 heterocycles. The Morgan fingerprint density at radius 2 is 1.77 bits per heavy atom. The number of amides is 1. The van der Waals surface area contributed by atoms with E-state index in [0.29, 0.717) is 10.6 Å². The van der Waals surface area contributed by atoms with E-state index in [0.717, 1.165) is 0 Å². The molecule has 0 fully saturated rings. The zero-order chi connectivity index (χ0) is 19.1. The largest absolute Gasteiger partial charge is 0.449 e. The summed E-state index contributed by atoms with van der Waals surface area (Å²) in [5, 5.41) is 3.09. The van der Waals surface area contributed by atoms with E-state index in [1.807, 2.05) is 0 Å². The molecule has 0 saturated heterocycles. The number of para-hydroxylation sites is 1. The van der Waals surface area contributed by atoms with Crippen LogP contribution in [0.25, 0.3) is 0 Å². The van der Waals surface area contributed by atoms with Crippen molar-refractivity contribution in [2.75, 3.05) is 0 Å². The molecule has 138 valence electrons. The van der Waals surface area contributed by atoms with Crippen LogP contribution in [0.4, 0.5) is 8.78 Å². The fourth-order valence-corrected chi connectivity index (χ4v) is 2.28. The van der Waals surface area contributed by atoms with Gasteiger partial charge < -0.3 is 14.8 Å². The number of hydrogen-bond acceptors (Lipinski definition) is 4. The van der Waals surface area contributed by atoms with Gasteiger partial charge >= 0.3 is 12.6 Å². The van der Waals surface area contributed by atoms with Crippen molar-refractivity contribution in [2.24, 2.45) is 0 Å². The highest BCUT2D eigenvalue weighted by Crippen LogP contribution is 2.21. The van der Waals surface area contributed by atoms with Gasteiger partial charge in [0.25, 0.3) is 5.91 Å². The molecule has 0 aliphatic carbocycles. The summed E-state index contributed by atoms with van der Waals surface area (Å²) in [7, 11) is 0. The fourth-order valence-electron chi connectivity index (χ4n) is 2.08. The summed E-state index contributed by atoms with van der Waals surface area (Å²) >= 11 is 6.00. The minimum Gasteiger partial charge on any atom is -0.449 e. The molecule has 1 atom stereocenters. The van der Waals surface area contributed by atoms with Crippen molar-refractivity contribution in [3.8, 4) is 5.75 Å². The summed E-state index contributed by atoms with van der Waals surface area (Å²) in [5.74, 6) is -1.82. The van der Waals surface area contributed by atoms with Crippen LogP contribution in [0.15, 0.2) is 48.5 Å². The summed E-state index contributed by atoms with van der Waals surface area (Å²) in [6.45, 7) is -1.55. The van der Waals surface area contributed by atoms with Crippen molar-refractivity contribution < 1.29 is 27.8 Å². The average Bonchev–Trinajstić information content (AvgIpc) is 2.60. The molecule has 1 amide bonds. The second-order valence-corrected chi connectivity index (χ2v) is 5.64. The Kier molecular flexibility index (Phi) is 6.91. The lowest BCUT2D eigenvalue weighted by Gasteiger charge is -2.15. The molecule has 8 heteroatoms. The van der Waals surface area contributed by atoms with Crippen LogP contribution >= 0.6 is 11.6 Å². The molecular weight excluding hydrogens is 368 g/mol. The van der Waals surface area contributed by atoms with Gasteiger partial charge in [0.2, 0.25) is 0 Å². The van der Waals surface area contributed by atoms with Crippen molar-refractivity contribution in [2.45, 2.75) is 26.2 Å². The number of esters is 1. The lowest BCUT2D eigenvalue weighted by Crippen LogP contribution is -2.35. The van der Waals surface area contributed by atoms with E-state index in [2.05, 4.69) is 10.1 Å². The van der Waals surface area contributed by atoms with E-state index in [1.54, 1.807) is 24.3 Å². The summed E-state index contributed by atoms with van der Waals surface area (Å²) in [4.78, 5) is 24.2. The van der Waals surface area contributed by atoms with Gasteiger partial charge in [-0.2, -0.15) is 8.78 Å². The molecule has 0 unspecified atom stereocenters. The van der Waals surface area contributed by atoms with E-state index in [1.165, 1.54) is 31.2 Å². The van der Waals surface area contributed by atoms with Gasteiger partial charge in [0.15, 0.2) is 6.10 Å². The maximum Gasteiger partial charge on any atom is 0.387 e. The van der Waals surface area contributed by atoms with Crippen LogP contribution in [0.3, 0.4) is 0 Å². The molecule has 1 N–H and O–H groups in total. The van der Waals surface area contributed by atoms with Gasteiger partial charge in [0.1, 0.15) is 11.3 Å². The van der Waals surface area contributed by atoms with Gasteiger partial charge in [-0.1, -0.05) is 41.9 Å². The first-order valence-corrected chi connectivity index (χ1v) is 8.02. The van der Waals surface area contributed by atoms with Crippen LogP contribution in [0.1, 0.15) is 22.8 Å². The molecule has 0 radical (unpaired) electrons. The number of carbonyl (C=O) groups is 2. The molecule has 2 rings (SSSR count). The summed E-state index contributed by atoms with van der Waals surface area (Å²) in [6, 6.07) is 12.4. The van der Waals surface area contributed by atoms with Crippen molar-refractivity contribution in [1.29, 1.82) is 0 Å². The first-order chi connectivity index (χ1) is 12.4. The first kappa shape index (κ1) is 19.7. The number of alkyl halides is 2. The Bertz CT molecular complexity index is 785. The van der Waals surface area contributed by atoms with Crippen molar-refractivity contribution in [3.63, 3.8) is 0 Å². The second kappa shape index (κ2) is 9.15. The van der Waals surface area contributed by atoms with E-state index in [9.17, 15) is 18.4 Å². The minimum absolute atomic E-state index is 0.158. The standard InChI is InChI=1S/C18H16ClF2NO4/c1-11(16(23)22-10-12-6-2-4-8-14(12)19)25-17(24)13-7-3-5-9-15(13)26-18(20)21/h2-9,11,18H,10H2,1H3,(H,22,23)/t11-/m1/s1. The zero-order valence-electron chi connectivity index (χ0n) is 13.7. The van der Waals surface area contributed by atoms with Crippen molar-refractivity contribution >= 4 is 23.5 Å². The fraction of sp³-hybridized carbons (Fsp3) is 0.222. The quantitative estimate of drug-likeness (QED) is 0.738. The van der Waals surface area contributed by atoms with Gasteiger partial charge in [-0.25, -0.2) is 4.79 Å². The third-order valence-electron chi connectivity index (χ3n) is 3.39. The highest BCUT2D eigenvalue weighted by molar-refractivity contribution is 6.31. The number of hydrogen-bond donors (Lipinski definition) is 1. The van der Waals surface area contributed by atoms with Gasteiger partial charge in [-0.05, 0) is 30.7 Å². The Hall–Kier alpha value is -2.67. The van der Waals surface area contributed by atoms with Gasteiger partial charge in [-0.15, -0.1) is 0 Å². The summed E-state index contributed by atoms with van der Waals surface area (Å²) in [5.41, 5.74) is 0.510. The normalized spacial score (nSPS) is 11.7. The Morgan fingerprint density at radius 1 is 1.12 bits per heavy atom. The summed E-state index contributed by atoms with van der Waals surface area (Å²) in [6.07, 6.45) is -1.13. The maximum absolute atomic E-state index is 12.4. The van der Waals surface area contributed by atoms with Crippen LogP contribution in [0, 0.1) is 0 Å². The molecule has 0 saturated carbocycles. The Labute approximate surface area is 153 Å².